The number of nitrogens with one attached hydrogen (secondary N) is 1. The van der Waals surface area contributed by atoms with E-state index >= 15 is 0 Å². The first-order chi connectivity index (χ1) is 20.9. The number of aliphatic hydroxyl groups is 1. The van der Waals surface area contributed by atoms with Gasteiger partial charge in [-0.3, -0.25) is 23.9 Å². The molecule has 0 spiro atoms. The molecule has 5 N–H and O–H groups in total. The molecule has 1 aliphatic heterocycles. The Kier molecular flexibility index (Phi) is 8.99. The Labute approximate surface area is 260 Å². The lowest BCUT2D eigenvalue weighted by Crippen LogP contribution is -2.69. The molecule has 44 heavy (non-hydrogen) atoms. The predicted molar refractivity (Wildman–Crippen MR) is 175 cm³/mol. The zero-order valence-electron chi connectivity index (χ0n) is 25.4. The van der Waals surface area contributed by atoms with Crippen LogP contribution in [0.4, 0.5) is 5.95 Å². The van der Waals surface area contributed by atoms with Crippen LogP contribution in [0.5, 0.6) is 0 Å². The van der Waals surface area contributed by atoms with Crippen LogP contribution in [0.1, 0.15) is 53.2 Å². The van der Waals surface area contributed by atoms with Gasteiger partial charge in [-0.05, 0) is 29.3 Å². The van der Waals surface area contributed by atoms with Gasteiger partial charge in [0, 0.05) is 18.9 Å². The highest BCUT2D eigenvalue weighted by Gasteiger charge is 2.58. The monoisotopic (exact) mass is 636 g/mol. The van der Waals surface area contributed by atoms with Crippen molar-refractivity contribution in [2.75, 3.05) is 12.3 Å². The van der Waals surface area contributed by atoms with Crippen molar-refractivity contribution < 1.29 is 19.7 Å². The highest BCUT2D eigenvalue weighted by atomic mass is 32.1. The smallest absolute Gasteiger partial charge is 0.311 e. The van der Waals surface area contributed by atoms with Crippen LogP contribution in [0.3, 0.4) is 0 Å². The maximum Gasteiger partial charge on any atom is 0.311 e. The fourth-order valence-corrected chi connectivity index (χ4v) is 15.2. The average Bonchev–Trinajstić information content (AvgIpc) is 3.54. The Morgan fingerprint density at radius 2 is 1.73 bits per heavy atom. The van der Waals surface area contributed by atoms with Crippen molar-refractivity contribution in [2.24, 2.45) is 11.8 Å². The fraction of sp³-hybridized carbons (Fsp3) is 0.438. The summed E-state index contributed by atoms with van der Waals surface area (Å²) in [5, 5.41) is 22.5. The third-order valence-electron chi connectivity index (χ3n) is 9.24. The predicted octanol–water partition coefficient (Wildman–Crippen LogP) is 3.56. The van der Waals surface area contributed by atoms with Crippen molar-refractivity contribution in [2.45, 2.75) is 69.9 Å². The second-order valence-corrected chi connectivity index (χ2v) is 18.8. The van der Waals surface area contributed by atoms with Crippen LogP contribution in [-0.4, -0.2) is 51.5 Å². The number of carbonyl (C=O) groups is 1. The molecule has 1 saturated heterocycles. The minimum absolute atomic E-state index is 0.0656. The Hall–Kier alpha value is -3.58. The number of H-pyrrole nitrogens is 1. The molecule has 5 rings (SSSR count). The summed E-state index contributed by atoms with van der Waals surface area (Å²) in [5.74, 6) is -1.81. The number of carboxylic acids is 1. The van der Waals surface area contributed by atoms with E-state index in [1.807, 2.05) is 43.3 Å². The molecule has 0 aliphatic carbocycles. The van der Waals surface area contributed by atoms with Gasteiger partial charge >= 0.3 is 10.8 Å². The number of hydrogen-bond donors (Lipinski definition) is 4. The van der Waals surface area contributed by atoms with Gasteiger partial charge < -0.3 is 20.7 Å². The summed E-state index contributed by atoms with van der Waals surface area (Å²) in [5.41, 5.74) is 5.36. The topological polar surface area (TPSA) is 161 Å². The first-order valence-corrected chi connectivity index (χ1v) is 17.8. The molecule has 0 saturated carbocycles. The number of carboxylic acid groups (broad SMARTS) is 1. The number of aliphatic carboxylic acids is 1. The number of anilines is 1. The first kappa shape index (κ1) is 31.8. The SMILES string of the molecule is C[C@H](CC(=O)O)[C@@H]1C[C@@H]([C@H](CCO)[Si](c2ccccc2)(c2ccccc2)C(C)(C)C)O[C@H]1n1c(=O)sc2c(=O)[nH]c(N)nc21. The molecule has 0 amide bonds. The molecule has 0 radical (unpaired) electrons. The lowest BCUT2D eigenvalue weighted by Gasteiger charge is -2.51. The number of ether oxygens (including phenoxy) is 1. The van der Waals surface area contributed by atoms with Gasteiger partial charge in [0.25, 0.3) is 5.56 Å². The fourth-order valence-electron chi connectivity index (χ4n) is 7.58. The van der Waals surface area contributed by atoms with Gasteiger partial charge in [0.2, 0.25) is 5.95 Å². The van der Waals surface area contributed by atoms with Gasteiger partial charge in [0.05, 0.1) is 6.10 Å². The average molecular weight is 637 g/mol. The number of fused-ring (bicyclic) bond motifs is 1. The van der Waals surface area contributed by atoms with Crippen molar-refractivity contribution in [1.29, 1.82) is 0 Å². The maximum atomic E-state index is 13.5. The number of hydrogen-bond acceptors (Lipinski definition) is 8. The number of aromatic amines is 1. The normalized spacial score (nSPS) is 20.5. The number of rotatable bonds is 10. The molecule has 2 aromatic heterocycles. The Balaban J connectivity index is 1.73. The van der Waals surface area contributed by atoms with Gasteiger partial charge in [0.15, 0.2) is 5.65 Å². The second kappa shape index (κ2) is 12.4. The quantitative estimate of drug-likeness (QED) is 0.192. The number of benzene rings is 2. The summed E-state index contributed by atoms with van der Waals surface area (Å²) in [6.45, 7) is 8.53. The molecule has 2 aromatic carbocycles. The summed E-state index contributed by atoms with van der Waals surface area (Å²) in [6, 6.07) is 20.8. The lowest BCUT2D eigenvalue weighted by molar-refractivity contribution is -0.138. The van der Waals surface area contributed by atoms with E-state index in [-0.39, 0.29) is 51.7 Å². The number of aliphatic hydroxyl groups excluding tert-OH is 1. The van der Waals surface area contributed by atoms with Crippen molar-refractivity contribution in [3.63, 3.8) is 0 Å². The lowest BCUT2D eigenvalue weighted by atomic mass is 9.86. The molecule has 1 aliphatic rings. The molecule has 10 nitrogen and oxygen atoms in total. The Morgan fingerprint density at radius 1 is 1.14 bits per heavy atom. The summed E-state index contributed by atoms with van der Waals surface area (Å²) >= 11 is 0.770. The summed E-state index contributed by atoms with van der Waals surface area (Å²) in [4.78, 5) is 44.4. The molecule has 234 valence electrons. The van der Waals surface area contributed by atoms with Gasteiger partial charge in [-0.1, -0.05) is 110 Å². The molecular formula is C32H40N4O6SSi. The minimum Gasteiger partial charge on any atom is -0.481 e. The van der Waals surface area contributed by atoms with Crippen LogP contribution in [0, 0.1) is 11.8 Å². The summed E-state index contributed by atoms with van der Waals surface area (Å²) in [6.07, 6.45) is -0.496. The summed E-state index contributed by atoms with van der Waals surface area (Å²) in [7, 11) is -2.84. The number of nitrogens with two attached hydrogens (primary N) is 1. The number of thiazole rings is 1. The molecule has 3 heterocycles. The highest BCUT2D eigenvalue weighted by Crippen LogP contribution is 2.52. The molecule has 4 aromatic rings. The summed E-state index contributed by atoms with van der Waals surface area (Å²) < 4.78 is 8.48. The third-order valence-corrected chi connectivity index (χ3v) is 16.8. The highest BCUT2D eigenvalue weighted by molar-refractivity contribution is 7.16. The number of aromatic nitrogens is 3. The third kappa shape index (κ3) is 5.55. The minimum atomic E-state index is -2.84. The molecule has 1 fully saturated rings. The van der Waals surface area contributed by atoms with Gasteiger partial charge in [-0.25, -0.2) is 0 Å². The first-order valence-electron chi connectivity index (χ1n) is 14.9. The molecule has 0 unspecified atom stereocenters. The van der Waals surface area contributed by atoms with Gasteiger partial charge in [0.1, 0.15) is 19.0 Å². The molecule has 12 heteroatoms. The van der Waals surface area contributed by atoms with Crippen LogP contribution >= 0.6 is 11.3 Å². The van der Waals surface area contributed by atoms with Crippen LogP contribution in [0.15, 0.2) is 70.3 Å². The van der Waals surface area contributed by atoms with E-state index in [0.717, 1.165) is 11.3 Å². The van der Waals surface area contributed by atoms with E-state index in [4.69, 9.17) is 10.5 Å². The van der Waals surface area contributed by atoms with Crippen LogP contribution in [0.2, 0.25) is 10.6 Å². The maximum absolute atomic E-state index is 13.5. The number of nitrogens with zero attached hydrogens (tertiary/aromatic N) is 2. The Morgan fingerprint density at radius 3 is 2.25 bits per heavy atom. The van der Waals surface area contributed by atoms with E-state index in [9.17, 15) is 24.6 Å². The number of nitrogen functional groups attached to an aromatic ring is 1. The van der Waals surface area contributed by atoms with Crippen molar-refractivity contribution >= 4 is 52.0 Å². The van der Waals surface area contributed by atoms with Crippen molar-refractivity contribution in [3.8, 4) is 0 Å². The van der Waals surface area contributed by atoms with Gasteiger partial charge in [-0.2, -0.15) is 4.98 Å². The van der Waals surface area contributed by atoms with E-state index in [1.165, 1.54) is 14.9 Å². The standard InChI is InChI=1S/C32H40N4O6SSi/c1-19(17-25(38)39)22-18-23(42-29(22)36-27-26(43-31(36)41)28(40)35-30(33)34-27)24(15-16-37)44(32(2,3)4,20-11-7-5-8-12-20)21-13-9-6-10-14-21/h5-14,19,22-24,29,37H,15-18H2,1-4H3,(H,38,39)(H3,33,34,35,40)/t19-,22+,23+,24+,29-/m1/s1. The zero-order chi connectivity index (χ0) is 31.8. The van der Waals surface area contributed by atoms with E-state index < -0.39 is 36.8 Å². The molecule has 5 atom stereocenters. The van der Waals surface area contributed by atoms with Gasteiger partial charge in [-0.15, -0.1) is 0 Å². The van der Waals surface area contributed by atoms with Crippen molar-refractivity contribution in [1.82, 2.24) is 14.5 Å². The largest absolute Gasteiger partial charge is 0.481 e. The van der Waals surface area contributed by atoms with Crippen LogP contribution in [0.25, 0.3) is 10.3 Å². The van der Waals surface area contributed by atoms with E-state index in [0.29, 0.717) is 12.8 Å². The van der Waals surface area contributed by atoms with Crippen molar-refractivity contribution in [3.05, 3.63) is 80.7 Å². The Bertz CT molecular complexity index is 1690. The van der Waals surface area contributed by atoms with Crippen LogP contribution < -0.4 is 26.5 Å². The zero-order valence-corrected chi connectivity index (χ0v) is 27.2. The second-order valence-electron chi connectivity index (χ2n) is 12.8. The molecular weight excluding hydrogens is 597 g/mol. The van der Waals surface area contributed by atoms with E-state index in [1.54, 1.807) is 0 Å². The molecule has 0 bridgehead atoms. The van der Waals surface area contributed by atoms with Crippen LogP contribution in [-0.2, 0) is 9.53 Å². The van der Waals surface area contributed by atoms with E-state index in [2.05, 4.69) is 55.0 Å².